The van der Waals surface area contributed by atoms with Crippen LogP contribution in [0, 0.1) is 0 Å². The third-order valence-electron chi connectivity index (χ3n) is 3.97. The summed E-state index contributed by atoms with van der Waals surface area (Å²) in [7, 11) is 0. The number of fused-ring (bicyclic) bond motifs is 4. The van der Waals surface area contributed by atoms with Gasteiger partial charge in [0.2, 0.25) is 0 Å². The Labute approximate surface area is 142 Å². The van der Waals surface area contributed by atoms with Gasteiger partial charge in [-0.25, -0.2) is 0 Å². The molecule has 4 nitrogen and oxygen atoms in total. The molecule has 21 heavy (non-hydrogen) atoms. The van der Waals surface area contributed by atoms with Crippen LogP contribution in [0.2, 0.25) is 0 Å². The maximum atomic E-state index is 9.81. The van der Waals surface area contributed by atoms with Crippen molar-refractivity contribution in [2.24, 2.45) is 0 Å². The SMILES string of the molecule is CSCCN1C(=S)NC2CC1(C)Oc1c(Br)cc(O)cc12. The zero-order valence-electron chi connectivity index (χ0n) is 11.9. The number of thioether (sulfide) groups is 1. The van der Waals surface area contributed by atoms with E-state index in [9.17, 15) is 5.11 Å². The summed E-state index contributed by atoms with van der Waals surface area (Å²) in [5.41, 5.74) is 0.501. The van der Waals surface area contributed by atoms with Crippen molar-refractivity contribution in [3.05, 3.63) is 22.2 Å². The number of hydrogen-bond donors (Lipinski definition) is 2. The molecule has 1 aromatic rings. The van der Waals surface area contributed by atoms with Crippen LogP contribution < -0.4 is 10.1 Å². The summed E-state index contributed by atoms with van der Waals surface area (Å²) in [4.78, 5) is 2.12. The minimum atomic E-state index is -0.449. The fourth-order valence-electron chi connectivity index (χ4n) is 2.97. The predicted octanol–water partition coefficient (Wildman–Crippen LogP) is 3.25. The van der Waals surface area contributed by atoms with Crippen molar-refractivity contribution in [2.45, 2.75) is 25.1 Å². The summed E-state index contributed by atoms with van der Waals surface area (Å²) in [6, 6.07) is 3.48. The number of nitrogens with one attached hydrogen (secondary N) is 1. The number of thiocarbonyl (C=S) groups is 1. The first-order valence-corrected chi connectivity index (χ1v) is 9.32. The van der Waals surface area contributed by atoms with E-state index < -0.39 is 5.72 Å². The van der Waals surface area contributed by atoms with Crippen LogP contribution in [-0.4, -0.2) is 39.4 Å². The largest absolute Gasteiger partial charge is 0.508 e. The van der Waals surface area contributed by atoms with Crippen LogP contribution in [0.5, 0.6) is 11.5 Å². The van der Waals surface area contributed by atoms with E-state index in [4.69, 9.17) is 17.0 Å². The number of benzene rings is 1. The van der Waals surface area contributed by atoms with Gasteiger partial charge in [0.1, 0.15) is 11.5 Å². The van der Waals surface area contributed by atoms with E-state index in [1.165, 1.54) is 0 Å². The Kier molecular flexibility index (Phi) is 4.00. The molecule has 1 aromatic carbocycles. The van der Waals surface area contributed by atoms with Crippen LogP contribution >= 0.6 is 39.9 Å². The highest BCUT2D eigenvalue weighted by Crippen LogP contribution is 2.48. The molecular weight excluding hydrogens is 372 g/mol. The van der Waals surface area contributed by atoms with Gasteiger partial charge in [-0.2, -0.15) is 11.8 Å². The number of rotatable bonds is 3. The molecular formula is C14H17BrN2O2S2. The Balaban J connectivity index is 2.01. The molecule has 2 N–H and O–H groups in total. The number of ether oxygens (including phenoxy) is 1. The number of phenols is 1. The Morgan fingerprint density at radius 3 is 3.10 bits per heavy atom. The summed E-state index contributed by atoms with van der Waals surface area (Å²) in [6.45, 7) is 2.93. The van der Waals surface area contributed by atoms with Gasteiger partial charge in [0.15, 0.2) is 10.8 Å². The molecule has 0 spiro atoms. The first-order valence-electron chi connectivity index (χ1n) is 6.73. The molecule has 0 aromatic heterocycles. The lowest BCUT2D eigenvalue weighted by atomic mass is 9.90. The van der Waals surface area contributed by atoms with Gasteiger partial charge in [0, 0.05) is 24.3 Å². The van der Waals surface area contributed by atoms with Crippen LogP contribution in [-0.2, 0) is 0 Å². The summed E-state index contributed by atoms with van der Waals surface area (Å²) in [5.74, 6) is 2.01. The Hall–Kier alpha value is -0.660. The van der Waals surface area contributed by atoms with E-state index in [1.54, 1.807) is 23.9 Å². The van der Waals surface area contributed by atoms with E-state index in [0.29, 0.717) is 5.11 Å². The fourth-order valence-corrected chi connectivity index (χ4v) is 4.31. The third-order valence-corrected chi connectivity index (χ3v) is 5.49. The predicted molar refractivity (Wildman–Crippen MR) is 93.0 cm³/mol. The number of halogens is 1. The standard InChI is InChI=1S/C14H17BrN2O2S2/c1-14-7-11(16-13(20)17(14)3-4-21-2)9-5-8(18)6-10(15)12(9)19-14/h5-6,11,18H,3-4,7H2,1-2H3,(H,16,20). The van der Waals surface area contributed by atoms with Crippen molar-refractivity contribution in [3.63, 3.8) is 0 Å². The quantitative estimate of drug-likeness (QED) is 0.774. The van der Waals surface area contributed by atoms with Crippen molar-refractivity contribution in [3.8, 4) is 11.5 Å². The van der Waals surface area contributed by atoms with E-state index in [0.717, 1.165) is 34.5 Å². The average Bonchev–Trinajstić information content (AvgIpc) is 2.40. The summed E-state index contributed by atoms with van der Waals surface area (Å²) in [6.07, 6.45) is 2.88. The van der Waals surface area contributed by atoms with Crippen molar-refractivity contribution in [1.29, 1.82) is 0 Å². The molecule has 2 unspecified atom stereocenters. The Morgan fingerprint density at radius 2 is 2.38 bits per heavy atom. The fraction of sp³-hybridized carbons (Fsp3) is 0.500. The Bertz CT molecular complexity index is 599. The van der Waals surface area contributed by atoms with Crippen LogP contribution in [0.3, 0.4) is 0 Å². The zero-order chi connectivity index (χ0) is 15.2. The lowest BCUT2D eigenvalue weighted by Crippen LogP contribution is -2.65. The highest BCUT2D eigenvalue weighted by Gasteiger charge is 2.47. The van der Waals surface area contributed by atoms with Gasteiger partial charge >= 0.3 is 0 Å². The van der Waals surface area contributed by atoms with E-state index in [2.05, 4.69) is 39.3 Å². The lowest BCUT2D eigenvalue weighted by molar-refractivity contribution is -0.0660. The van der Waals surface area contributed by atoms with Crippen molar-refractivity contribution >= 4 is 45.0 Å². The normalized spacial score (nSPS) is 26.9. The summed E-state index contributed by atoms with van der Waals surface area (Å²) >= 11 is 10.8. The molecule has 1 fully saturated rings. The topological polar surface area (TPSA) is 44.7 Å². The molecule has 2 bridgehead atoms. The van der Waals surface area contributed by atoms with Gasteiger partial charge in [-0.1, -0.05) is 0 Å². The number of aromatic hydroxyl groups is 1. The minimum Gasteiger partial charge on any atom is -0.508 e. The molecule has 0 amide bonds. The highest BCUT2D eigenvalue weighted by molar-refractivity contribution is 9.10. The number of hydrogen-bond acceptors (Lipinski definition) is 4. The molecule has 1 saturated heterocycles. The van der Waals surface area contributed by atoms with Gasteiger partial charge in [0.25, 0.3) is 0 Å². The van der Waals surface area contributed by atoms with Gasteiger partial charge in [-0.15, -0.1) is 0 Å². The van der Waals surface area contributed by atoms with Crippen molar-refractivity contribution < 1.29 is 9.84 Å². The van der Waals surface area contributed by atoms with Crippen LogP contribution in [0.1, 0.15) is 24.9 Å². The van der Waals surface area contributed by atoms with E-state index in [1.807, 2.05) is 0 Å². The zero-order valence-corrected chi connectivity index (χ0v) is 15.1. The van der Waals surface area contributed by atoms with Crippen molar-refractivity contribution in [2.75, 3.05) is 18.6 Å². The second-order valence-electron chi connectivity index (χ2n) is 5.47. The van der Waals surface area contributed by atoms with Crippen LogP contribution in [0.25, 0.3) is 0 Å². The lowest BCUT2D eigenvalue weighted by Gasteiger charge is -2.52. The van der Waals surface area contributed by atoms with Crippen LogP contribution in [0.4, 0.5) is 0 Å². The second-order valence-corrected chi connectivity index (χ2v) is 7.70. The average molecular weight is 389 g/mol. The van der Waals surface area contributed by atoms with Gasteiger partial charge in [-0.3, -0.25) is 0 Å². The summed E-state index contributed by atoms with van der Waals surface area (Å²) < 4.78 is 7.06. The number of phenolic OH excluding ortho intramolecular Hbond substituents is 1. The molecule has 7 heteroatoms. The maximum absolute atomic E-state index is 9.81. The monoisotopic (exact) mass is 388 g/mol. The summed E-state index contributed by atoms with van der Waals surface area (Å²) in [5, 5.41) is 13.9. The van der Waals surface area contributed by atoms with Gasteiger partial charge < -0.3 is 20.1 Å². The van der Waals surface area contributed by atoms with Gasteiger partial charge in [-0.05, 0) is 53.5 Å². The third kappa shape index (κ3) is 2.59. The Morgan fingerprint density at radius 1 is 1.62 bits per heavy atom. The number of nitrogens with zero attached hydrogens (tertiary/aromatic N) is 1. The smallest absolute Gasteiger partial charge is 0.184 e. The highest BCUT2D eigenvalue weighted by atomic mass is 79.9. The molecule has 0 saturated carbocycles. The first kappa shape index (κ1) is 15.2. The molecule has 2 heterocycles. The van der Waals surface area contributed by atoms with E-state index >= 15 is 0 Å². The molecule has 0 aliphatic carbocycles. The molecule has 3 rings (SSSR count). The molecule has 2 aliphatic rings. The molecule has 2 atom stereocenters. The van der Waals surface area contributed by atoms with Crippen LogP contribution in [0.15, 0.2) is 16.6 Å². The van der Waals surface area contributed by atoms with Crippen molar-refractivity contribution in [1.82, 2.24) is 10.2 Å². The molecule has 114 valence electrons. The molecule has 0 radical (unpaired) electrons. The first-order chi connectivity index (χ1) is 9.94. The maximum Gasteiger partial charge on any atom is 0.184 e. The van der Waals surface area contributed by atoms with Gasteiger partial charge in [0.05, 0.1) is 10.5 Å². The van der Waals surface area contributed by atoms with E-state index in [-0.39, 0.29) is 11.8 Å². The second kappa shape index (κ2) is 5.52. The minimum absolute atomic E-state index is 0.0696. The molecule has 2 aliphatic heterocycles.